The number of allylic oxidation sites excluding steroid dienone is 8. The summed E-state index contributed by atoms with van der Waals surface area (Å²) < 4.78 is 68.5. The highest BCUT2D eigenvalue weighted by molar-refractivity contribution is 7.47. The summed E-state index contributed by atoms with van der Waals surface area (Å²) in [4.78, 5) is 72.8. The molecular formula is C77H142O17P2. The van der Waals surface area contributed by atoms with Crippen molar-refractivity contribution in [3.8, 4) is 0 Å². The van der Waals surface area contributed by atoms with E-state index in [1.807, 2.05) is 0 Å². The Labute approximate surface area is 585 Å². The van der Waals surface area contributed by atoms with Crippen LogP contribution in [0.4, 0.5) is 0 Å². The number of ether oxygens (including phenoxy) is 4. The normalized spacial score (nSPS) is 14.2. The number of carbonyl (C=O) groups is 4. The molecule has 0 amide bonds. The van der Waals surface area contributed by atoms with E-state index in [2.05, 4.69) is 76.3 Å². The molecular weight excluding hydrogens is 1260 g/mol. The van der Waals surface area contributed by atoms with Gasteiger partial charge in [0.1, 0.15) is 19.3 Å². The lowest BCUT2D eigenvalue weighted by Gasteiger charge is -2.21. The maximum atomic E-state index is 13.1. The minimum atomic E-state index is -4.97. The highest BCUT2D eigenvalue weighted by Crippen LogP contribution is 2.45. The van der Waals surface area contributed by atoms with E-state index < -0.39 is 97.5 Å². The van der Waals surface area contributed by atoms with Gasteiger partial charge in [-0.15, -0.1) is 0 Å². The lowest BCUT2D eigenvalue weighted by Crippen LogP contribution is -2.30. The van der Waals surface area contributed by atoms with Crippen LogP contribution < -0.4 is 0 Å². The lowest BCUT2D eigenvalue weighted by atomic mass is 10.0. The van der Waals surface area contributed by atoms with E-state index in [0.717, 1.165) is 122 Å². The highest BCUT2D eigenvalue weighted by Gasteiger charge is 2.30. The molecule has 0 aliphatic heterocycles. The van der Waals surface area contributed by atoms with Gasteiger partial charge in [-0.25, -0.2) is 9.13 Å². The van der Waals surface area contributed by atoms with Crippen molar-refractivity contribution in [2.24, 2.45) is 0 Å². The monoisotopic (exact) mass is 1400 g/mol. The molecule has 0 heterocycles. The molecule has 0 aliphatic carbocycles. The highest BCUT2D eigenvalue weighted by atomic mass is 31.2. The zero-order valence-corrected chi connectivity index (χ0v) is 63.1. The summed E-state index contributed by atoms with van der Waals surface area (Å²) in [6, 6.07) is 0. The number of hydrogen-bond acceptors (Lipinski definition) is 15. The summed E-state index contributed by atoms with van der Waals surface area (Å²) in [5.41, 5.74) is 0. The van der Waals surface area contributed by atoms with E-state index in [4.69, 9.17) is 37.0 Å². The van der Waals surface area contributed by atoms with Crippen molar-refractivity contribution in [1.82, 2.24) is 0 Å². The van der Waals surface area contributed by atoms with Crippen LogP contribution in [0, 0.1) is 0 Å². The molecule has 0 rings (SSSR count). The first-order valence-corrected chi connectivity index (χ1v) is 41.9. The molecule has 0 radical (unpaired) electrons. The van der Waals surface area contributed by atoms with Gasteiger partial charge in [0.05, 0.1) is 26.4 Å². The van der Waals surface area contributed by atoms with Crippen LogP contribution >= 0.6 is 15.6 Å². The number of carbonyl (C=O) groups excluding carboxylic acids is 4. The second-order valence-corrected chi connectivity index (χ2v) is 29.3. The topological polar surface area (TPSA) is 237 Å². The standard InChI is InChI=1S/C77H142O17P2/c1-5-9-13-17-21-25-29-33-35-39-42-46-50-54-58-62-75(80)88-68-73(94-77(82)64-60-56-52-48-44-40-36-34-30-26-22-18-14-10-6-2)70-92-96(85,86)90-66-71(78)65-89-95(83,84)91-69-72(93-76(81)63-59-55-51-47-43-38-32-28-24-20-16-12-8-4)67-87-74(79)61-57-53-49-45-41-37-31-27-23-19-15-11-7-3/h25-26,29-30,33-36,71-73,78H,5-24,27-28,31-32,37-70H2,1-4H3,(H,83,84)(H,85,86)/b29-25-,30-26-,35-33-,36-34-/t71-,72+,73+/m0/s1. The fraction of sp³-hybridized carbons (Fsp3) is 0.844. The van der Waals surface area contributed by atoms with Crippen LogP contribution in [0.25, 0.3) is 0 Å². The summed E-state index contributed by atoms with van der Waals surface area (Å²) in [5.74, 6) is -2.17. The number of aliphatic hydroxyl groups is 1. The maximum Gasteiger partial charge on any atom is 0.472 e. The van der Waals surface area contributed by atoms with Crippen molar-refractivity contribution in [3.05, 3.63) is 48.6 Å². The van der Waals surface area contributed by atoms with Crippen LogP contribution in [0.5, 0.6) is 0 Å². The Hall–Kier alpha value is -2.98. The SMILES string of the molecule is CCCCCC/C=C\C=C/CCCCCCCC(=O)OC[C@H](COP(=O)(O)OC[C@@H](O)COP(=O)(O)OC[C@@H](COC(=O)CCCCCCCCCCCCCCC)OC(=O)CCCCCCCCCCCCCCC)OC(=O)CCCCCCC/C=C\C=C/CCCCCC. The molecule has 2 unspecified atom stereocenters. The lowest BCUT2D eigenvalue weighted by molar-refractivity contribution is -0.161. The predicted molar refractivity (Wildman–Crippen MR) is 390 cm³/mol. The van der Waals surface area contributed by atoms with Crippen molar-refractivity contribution in [2.45, 2.75) is 380 Å². The molecule has 5 atom stereocenters. The van der Waals surface area contributed by atoms with Crippen LogP contribution in [-0.4, -0.2) is 96.7 Å². The number of hydrogen-bond donors (Lipinski definition) is 3. The van der Waals surface area contributed by atoms with E-state index >= 15 is 0 Å². The summed E-state index contributed by atoms with van der Waals surface area (Å²) in [6.45, 7) is 4.87. The zero-order chi connectivity index (χ0) is 70.4. The van der Waals surface area contributed by atoms with Gasteiger partial charge in [-0.05, 0) is 77.0 Å². The first-order chi connectivity index (χ1) is 46.7. The van der Waals surface area contributed by atoms with Gasteiger partial charge in [-0.3, -0.25) is 37.3 Å². The Kier molecular flexibility index (Phi) is 68.3. The van der Waals surface area contributed by atoms with Crippen molar-refractivity contribution in [3.63, 3.8) is 0 Å². The number of esters is 4. The molecule has 0 bridgehead atoms. The second kappa shape index (κ2) is 70.5. The summed E-state index contributed by atoms with van der Waals surface area (Å²) in [5, 5.41) is 10.6. The number of rotatable bonds is 74. The molecule has 3 N–H and O–H groups in total. The van der Waals surface area contributed by atoms with Crippen LogP contribution in [0.2, 0.25) is 0 Å². The molecule has 0 aromatic rings. The van der Waals surface area contributed by atoms with Crippen molar-refractivity contribution in [2.75, 3.05) is 39.6 Å². The molecule has 0 aromatic carbocycles. The third kappa shape index (κ3) is 69.5. The third-order valence-corrected chi connectivity index (χ3v) is 18.8. The average Bonchev–Trinajstić information content (AvgIpc) is 1.36. The molecule has 0 saturated carbocycles. The Bertz CT molecular complexity index is 2010. The second-order valence-electron chi connectivity index (χ2n) is 26.4. The van der Waals surface area contributed by atoms with Gasteiger partial charge >= 0.3 is 39.5 Å². The van der Waals surface area contributed by atoms with E-state index in [1.165, 1.54) is 161 Å². The Balaban J connectivity index is 5.33. The molecule has 17 nitrogen and oxygen atoms in total. The van der Waals surface area contributed by atoms with E-state index in [-0.39, 0.29) is 25.7 Å². The number of unbranched alkanes of at least 4 members (excludes halogenated alkanes) is 42. The van der Waals surface area contributed by atoms with Crippen molar-refractivity contribution < 1.29 is 80.2 Å². The van der Waals surface area contributed by atoms with Crippen molar-refractivity contribution >= 4 is 39.5 Å². The fourth-order valence-corrected chi connectivity index (χ4v) is 12.4. The molecule has 0 aromatic heterocycles. The molecule has 0 saturated heterocycles. The predicted octanol–water partition coefficient (Wildman–Crippen LogP) is 22.1. The quantitative estimate of drug-likeness (QED) is 0.0169. The van der Waals surface area contributed by atoms with Crippen LogP contribution in [0.15, 0.2) is 48.6 Å². The van der Waals surface area contributed by atoms with Gasteiger partial charge in [0.15, 0.2) is 12.2 Å². The number of aliphatic hydroxyl groups excluding tert-OH is 1. The molecule has 0 aliphatic rings. The Morgan fingerprint density at radius 1 is 0.292 bits per heavy atom. The summed E-state index contributed by atoms with van der Waals surface area (Å²) in [6.07, 6.45) is 66.6. The van der Waals surface area contributed by atoms with E-state index in [9.17, 15) is 43.2 Å². The van der Waals surface area contributed by atoms with E-state index in [1.54, 1.807) is 0 Å². The van der Waals surface area contributed by atoms with Crippen LogP contribution in [0.1, 0.15) is 362 Å². The van der Waals surface area contributed by atoms with Gasteiger partial charge in [0.2, 0.25) is 0 Å². The largest absolute Gasteiger partial charge is 0.472 e. The van der Waals surface area contributed by atoms with Gasteiger partial charge in [-0.2, -0.15) is 0 Å². The number of phosphoric acid groups is 2. The summed E-state index contributed by atoms with van der Waals surface area (Å²) >= 11 is 0. The third-order valence-electron chi connectivity index (χ3n) is 16.9. The molecule has 19 heteroatoms. The minimum Gasteiger partial charge on any atom is -0.462 e. The minimum absolute atomic E-state index is 0.0787. The Morgan fingerprint density at radius 3 is 0.760 bits per heavy atom. The van der Waals surface area contributed by atoms with Gasteiger partial charge in [-0.1, -0.05) is 307 Å². The molecule has 0 fully saturated rings. The Morgan fingerprint density at radius 2 is 0.500 bits per heavy atom. The van der Waals surface area contributed by atoms with Crippen molar-refractivity contribution in [1.29, 1.82) is 0 Å². The van der Waals surface area contributed by atoms with E-state index in [0.29, 0.717) is 25.7 Å². The molecule has 0 spiro atoms. The number of phosphoric ester groups is 2. The maximum absolute atomic E-state index is 13.1. The van der Waals surface area contributed by atoms with Crippen LogP contribution in [0.3, 0.4) is 0 Å². The molecule has 96 heavy (non-hydrogen) atoms. The zero-order valence-electron chi connectivity index (χ0n) is 61.3. The fourth-order valence-electron chi connectivity index (χ4n) is 10.9. The average molecular weight is 1400 g/mol. The van der Waals surface area contributed by atoms with Gasteiger partial charge < -0.3 is 33.8 Å². The first kappa shape index (κ1) is 93.0. The first-order valence-electron chi connectivity index (χ1n) is 38.9. The van der Waals surface area contributed by atoms with Gasteiger partial charge in [0, 0.05) is 25.7 Å². The van der Waals surface area contributed by atoms with Crippen LogP contribution in [-0.2, 0) is 65.4 Å². The summed E-state index contributed by atoms with van der Waals surface area (Å²) in [7, 11) is -9.94. The van der Waals surface area contributed by atoms with Gasteiger partial charge in [0.25, 0.3) is 0 Å². The molecule has 562 valence electrons. The smallest absolute Gasteiger partial charge is 0.462 e.